The maximum absolute atomic E-state index is 14.4. The fraction of sp³-hybridized carbons (Fsp3) is 0.333. The monoisotopic (exact) mass is 476 g/mol. The Labute approximate surface area is 192 Å². The van der Waals surface area contributed by atoms with Crippen LogP contribution in [0.1, 0.15) is 5.56 Å². The van der Waals surface area contributed by atoms with Crippen LogP contribution in [0, 0.1) is 11.6 Å². The number of halogens is 2. The molecule has 1 amide bonds. The van der Waals surface area contributed by atoms with Crippen LogP contribution in [0.5, 0.6) is 17.2 Å². The van der Waals surface area contributed by atoms with Crippen molar-refractivity contribution in [2.45, 2.75) is 19.3 Å². The molecule has 0 bridgehead atoms. The van der Waals surface area contributed by atoms with Crippen LogP contribution >= 0.6 is 0 Å². The van der Waals surface area contributed by atoms with Crippen molar-refractivity contribution in [2.24, 2.45) is 0 Å². The third-order valence-electron chi connectivity index (χ3n) is 5.08. The Bertz CT molecular complexity index is 1140. The Hall–Kier alpha value is -4.00. The number of nitrogens with one attached hydrogen (secondary N) is 1. The van der Waals surface area contributed by atoms with Crippen LogP contribution in [0.3, 0.4) is 0 Å². The molecule has 180 valence electrons. The average Bonchev–Trinajstić information content (AvgIpc) is 3.24. The minimum absolute atomic E-state index is 0.0458. The molecule has 0 aliphatic carbocycles. The van der Waals surface area contributed by atoms with Crippen molar-refractivity contribution >= 4 is 17.5 Å². The van der Waals surface area contributed by atoms with Gasteiger partial charge >= 0.3 is 0 Å². The summed E-state index contributed by atoms with van der Waals surface area (Å²) in [7, 11) is 2.53. The molecule has 3 heterocycles. The van der Waals surface area contributed by atoms with Gasteiger partial charge < -0.3 is 29.5 Å². The number of carbonyl (C=O) groups is 1. The predicted molar refractivity (Wildman–Crippen MR) is 114 cm³/mol. The molecule has 3 aromatic rings. The molecule has 1 aliphatic rings. The lowest BCUT2D eigenvalue weighted by molar-refractivity contribution is -0.142. The summed E-state index contributed by atoms with van der Waals surface area (Å²) >= 11 is 0. The van der Waals surface area contributed by atoms with Crippen LogP contribution < -0.4 is 19.5 Å². The molecule has 1 aliphatic heterocycles. The summed E-state index contributed by atoms with van der Waals surface area (Å²) in [4.78, 5) is 21.8. The first-order valence-electron chi connectivity index (χ1n) is 10.2. The van der Waals surface area contributed by atoms with Gasteiger partial charge in [-0.15, -0.1) is 0 Å². The van der Waals surface area contributed by atoms with Crippen molar-refractivity contribution in [3.63, 3.8) is 0 Å². The number of anilines is 2. The van der Waals surface area contributed by atoms with Crippen LogP contribution in [-0.2, 0) is 17.9 Å². The number of nitrogens with zero attached hydrogens (tertiary/aromatic N) is 5. The standard InChI is InChI=1S/C21H22F2N6O5/c1-32-16-3-17(33-2)20(23)15(19(16)22)11-34-14-5-24-21(25-6-14)27-12-4-26-29(7-12)10-18(31)28-8-13(30)9-28/h3-7,13,30H,8-11H2,1-2H3,(H,24,25,27). The van der Waals surface area contributed by atoms with Gasteiger partial charge in [0.25, 0.3) is 0 Å². The smallest absolute Gasteiger partial charge is 0.244 e. The van der Waals surface area contributed by atoms with Gasteiger partial charge in [-0.25, -0.2) is 18.7 Å². The number of aliphatic hydroxyl groups excluding tert-OH is 1. The number of hydrogen-bond acceptors (Lipinski definition) is 9. The molecule has 2 N–H and O–H groups in total. The molecule has 4 rings (SSSR count). The number of methoxy groups -OCH3 is 2. The molecule has 0 saturated carbocycles. The third-order valence-corrected chi connectivity index (χ3v) is 5.08. The largest absolute Gasteiger partial charge is 0.494 e. The maximum atomic E-state index is 14.4. The molecule has 0 atom stereocenters. The van der Waals surface area contributed by atoms with Crippen molar-refractivity contribution < 1.29 is 32.9 Å². The summed E-state index contributed by atoms with van der Waals surface area (Å²) in [5.74, 6) is -1.84. The van der Waals surface area contributed by atoms with E-state index in [-0.39, 0.29) is 41.2 Å². The highest BCUT2D eigenvalue weighted by Gasteiger charge is 2.28. The van der Waals surface area contributed by atoms with E-state index < -0.39 is 24.3 Å². The molecule has 0 spiro atoms. The lowest BCUT2D eigenvalue weighted by Gasteiger charge is -2.35. The Morgan fingerprint density at radius 3 is 2.38 bits per heavy atom. The van der Waals surface area contributed by atoms with Crippen LogP contribution in [0.2, 0.25) is 0 Å². The van der Waals surface area contributed by atoms with E-state index in [2.05, 4.69) is 20.4 Å². The number of ether oxygens (including phenoxy) is 3. The Balaban J connectivity index is 1.35. The summed E-state index contributed by atoms with van der Waals surface area (Å²) in [5.41, 5.74) is 0.200. The number of likely N-dealkylation sites (tertiary alicyclic amines) is 1. The van der Waals surface area contributed by atoms with E-state index in [1.807, 2.05) is 0 Å². The third kappa shape index (κ3) is 4.98. The van der Waals surface area contributed by atoms with Gasteiger partial charge in [-0.05, 0) is 0 Å². The molecular formula is C21H22F2N6O5. The summed E-state index contributed by atoms with van der Waals surface area (Å²) in [6.45, 7) is 0.274. The Kier molecular flexibility index (Phi) is 6.72. The van der Waals surface area contributed by atoms with Crippen LogP contribution in [0.15, 0.2) is 30.9 Å². The summed E-state index contributed by atoms with van der Waals surface area (Å²) in [6, 6.07) is 1.12. The van der Waals surface area contributed by atoms with Crippen LogP contribution in [0.4, 0.5) is 20.4 Å². The lowest BCUT2D eigenvalue weighted by Crippen LogP contribution is -2.54. The molecule has 1 aromatic carbocycles. The number of amides is 1. The molecule has 1 saturated heterocycles. The first kappa shape index (κ1) is 23.2. The number of hydrogen-bond donors (Lipinski definition) is 2. The van der Waals surface area contributed by atoms with E-state index in [9.17, 15) is 18.7 Å². The second-order valence-corrected chi connectivity index (χ2v) is 7.42. The van der Waals surface area contributed by atoms with Crippen molar-refractivity contribution in [2.75, 3.05) is 32.6 Å². The number of rotatable bonds is 9. The van der Waals surface area contributed by atoms with E-state index >= 15 is 0 Å². The Morgan fingerprint density at radius 2 is 1.79 bits per heavy atom. The number of aliphatic hydroxyl groups is 1. The molecule has 1 fully saturated rings. The number of aromatic nitrogens is 4. The van der Waals surface area contributed by atoms with E-state index in [0.717, 1.165) is 6.07 Å². The number of carbonyl (C=O) groups excluding carboxylic acids is 1. The summed E-state index contributed by atoms with van der Waals surface area (Å²) in [5, 5.41) is 16.3. The summed E-state index contributed by atoms with van der Waals surface area (Å²) in [6.07, 6.45) is 5.34. The highest BCUT2D eigenvalue weighted by molar-refractivity contribution is 5.77. The van der Waals surface area contributed by atoms with Crippen LogP contribution in [-0.4, -0.2) is 69.1 Å². The first-order valence-corrected chi connectivity index (χ1v) is 10.2. The van der Waals surface area contributed by atoms with E-state index in [4.69, 9.17) is 14.2 Å². The highest BCUT2D eigenvalue weighted by atomic mass is 19.1. The van der Waals surface area contributed by atoms with E-state index in [0.29, 0.717) is 18.8 Å². The molecule has 0 radical (unpaired) electrons. The zero-order chi connectivity index (χ0) is 24.2. The minimum Gasteiger partial charge on any atom is -0.494 e. The van der Waals surface area contributed by atoms with Gasteiger partial charge in [0.2, 0.25) is 11.9 Å². The average molecular weight is 476 g/mol. The van der Waals surface area contributed by atoms with Crippen molar-refractivity contribution in [3.8, 4) is 17.2 Å². The fourth-order valence-corrected chi connectivity index (χ4v) is 3.22. The maximum Gasteiger partial charge on any atom is 0.244 e. The van der Waals surface area contributed by atoms with Crippen molar-refractivity contribution in [1.29, 1.82) is 0 Å². The van der Waals surface area contributed by atoms with Gasteiger partial charge in [0.1, 0.15) is 13.2 Å². The minimum atomic E-state index is -0.888. The van der Waals surface area contributed by atoms with E-state index in [1.54, 1.807) is 11.1 Å². The SMILES string of the molecule is COc1cc(OC)c(F)c(COc2cnc(Nc3cnn(CC(=O)N4CC(O)C4)c3)nc2)c1F. The highest BCUT2D eigenvalue weighted by Crippen LogP contribution is 2.32. The fourth-order valence-electron chi connectivity index (χ4n) is 3.22. The van der Waals surface area contributed by atoms with Gasteiger partial charge in [-0.3, -0.25) is 9.48 Å². The number of benzene rings is 1. The second kappa shape index (κ2) is 9.87. The molecule has 2 aromatic heterocycles. The zero-order valence-corrected chi connectivity index (χ0v) is 18.4. The topological polar surface area (TPSA) is 124 Å². The molecule has 11 nitrogen and oxygen atoms in total. The normalized spacial score (nSPS) is 13.4. The molecular weight excluding hydrogens is 454 g/mol. The zero-order valence-electron chi connectivity index (χ0n) is 18.4. The predicted octanol–water partition coefficient (Wildman–Crippen LogP) is 1.49. The number of β-amino-alcohol motifs (C(OH)–C–C–N with tert-alkyl or cyclic N) is 1. The second-order valence-electron chi connectivity index (χ2n) is 7.42. The van der Waals surface area contributed by atoms with Crippen LogP contribution in [0.25, 0.3) is 0 Å². The van der Waals surface area contributed by atoms with Gasteiger partial charge in [0.15, 0.2) is 28.9 Å². The van der Waals surface area contributed by atoms with E-state index in [1.165, 1.54) is 37.5 Å². The summed E-state index contributed by atoms with van der Waals surface area (Å²) < 4.78 is 45.6. The van der Waals surface area contributed by atoms with Gasteiger partial charge in [0.05, 0.1) is 50.2 Å². The molecule has 13 heteroatoms. The van der Waals surface area contributed by atoms with Crippen molar-refractivity contribution in [3.05, 3.63) is 48.1 Å². The lowest BCUT2D eigenvalue weighted by atomic mass is 10.1. The van der Waals surface area contributed by atoms with Gasteiger partial charge in [0, 0.05) is 25.4 Å². The first-order chi connectivity index (χ1) is 16.4. The molecule has 0 unspecified atom stereocenters. The quantitative estimate of drug-likeness (QED) is 0.473. The van der Waals surface area contributed by atoms with Gasteiger partial charge in [-0.1, -0.05) is 0 Å². The van der Waals surface area contributed by atoms with Crippen molar-refractivity contribution in [1.82, 2.24) is 24.6 Å². The van der Waals surface area contributed by atoms with Gasteiger partial charge in [-0.2, -0.15) is 5.10 Å². The molecule has 34 heavy (non-hydrogen) atoms. The Morgan fingerprint density at radius 1 is 1.15 bits per heavy atom.